The minimum atomic E-state index is -0.363. The molecule has 0 atom stereocenters. The monoisotopic (exact) mass is 396 g/mol. The summed E-state index contributed by atoms with van der Waals surface area (Å²) < 4.78 is 0. The molecular weight excluding hydrogens is 372 g/mol. The number of amides is 4. The molecule has 2 heterocycles. The third kappa shape index (κ3) is 4.14. The molecular formula is C21H24N4O4. The number of nitrogens with zero attached hydrogens (tertiary/aromatic N) is 4. The lowest BCUT2D eigenvalue weighted by molar-refractivity contribution is -0.130. The zero-order valence-electron chi connectivity index (χ0n) is 16.7. The van der Waals surface area contributed by atoms with E-state index in [1.54, 1.807) is 21.9 Å². The van der Waals surface area contributed by atoms with Gasteiger partial charge in [0, 0.05) is 38.3 Å². The predicted molar refractivity (Wildman–Crippen MR) is 104 cm³/mol. The van der Waals surface area contributed by atoms with Gasteiger partial charge in [-0.2, -0.15) is 5.26 Å². The summed E-state index contributed by atoms with van der Waals surface area (Å²) in [6.07, 6.45) is 0.454. The molecule has 0 aliphatic carbocycles. The fourth-order valence-electron chi connectivity index (χ4n) is 3.69. The summed E-state index contributed by atoms with van der Waals surface area (Å²) in [7, 11) is 0. The highest BCUT2D eigenvalue weighted by atomic mass is 16.2. The van der Waals surface area contributed by atoms with Crippen molar-refractivity contribution in [1.29, 1.82) is 5.26 Å². The molecule has 1 fully saturated rings. The lowest BCUT2D eigenvalue weighted by atomic mass is 10.0. The molecule has 152 valence electrons. The molecule has 3 rings (SSSR count). The summed E-state index contributed by atoms with van der Waals surface area (Å²) in [5, 5.41) is 8.69. The Hall–Kier alpha value is -3.21. The van der Waals surface area contributed by atoms with Crippen LogP contribution in [-0.2, 0) is 4.79 Å². The van der Waals surface area contributed by atoms with Crippen molar-refractivity contribution in [2.45, 2.75) is 26.7 Å². The van der Waals surface area contributed by atoms with Crippen molar-refractivity contribution in [2.75, 3.05) is 32.7 Å². The fraction of sp³-hybridized carbons (Fsp3) is 0.476. The van der Waals surface area contributed by atoms with Gasteiger partial charge in [-0.3, -0.25) is 24.1 Å². The predicted octanol–water partition coefficient (Wildman–Crippen LogP) is 1.53. The molecule has 0 unspecified atom stereocenters. The molecule has 0 spiro atoms. The van der Waals surface area contributed by atoms with Crippen LogP contribution in [0.2, 0.25) is 0 Å². The summed E-state index contributed by atoms with van der Waals surface area (Å²) in [4.78, 5) is 54.5. The topological polar surface area (TPSA) is 102 Å². The van der Waals surface area contributed by atoms with E-state index in [4.69, 9.17) is 5.26 Å². The van der Waals surface area contributed by atoms with Crippen LogP contribution in [0.3, 0.4) is 0 Å². The number of fused-ring (bicyclic) bond motifs is 1. The zero-order chi connectivity index (χ0) is 21.1. The van der Waals surface area contributed by atoms with E-state index in [1.165, 1.54) is 11.0 Å². The third-order valence-corrected chi connectivity index (χ3v) is 5.13. The Morgan fingerprint density at radius 1 is 1.03 bits per heavy atom. The smallest absolute Gasteiger partial charge is 0.261 e. The lowest BCUT2D eigenvalue weighted by Crippen LogP contribution is -2.37. The minimum absolute atomic E-state index is 0.155. The van der Waals surface area contributed by atoms with Gasteiger partial charge >= 0.3 is 0 Å². The number of benzene rings is 1. The average molecular weight is 396 g/mol. The molecule has 2 aliphatic rings. The Labute approximate surface area is 169 Å². The largest absolute Gasteiger partial charge is 0.340 e. The van der Waals surface area contributed by atoms with Gasteiger partial charge in [-0.05, 0) is 30.5 Å². The molecule has 0 saturated carbocycles. The Bertz CT molecular complexity index is 902. The molecule has 1 aromatic rings. The number of nitriles is 1. The number of hydrogen-bond donors (Lipinski definition) is 0. The van der Waals surface area contributed by atoms with E-state index in [9.17, 15) is 19.2 Å². The molecule has 0 bridgehead atoms. The average Bonchev–Trinajstić information content (AvgIpc) is 2.87. The Morgan fingerprint density at radius 3 is 2.38 bits per heavy atom. The maximum absolute atomic E-state index is 13.0. The van der Waals surface area contributed by atoms with Crippen LogP contribution in [-0.4, -0.2) is 71.1 Å². The first kappa shape index (κ1) is 20.5. The highest BCUT2D eigenvalue weighted by Gasteiger charge is 2.36. The van der Waals surface area contributed by atoms with E-state index >= 15 is 0 Å². The molecule has 4 amide bonds. The van der Waals surface area contributed by atoms with Gasteiger partial charge in [-0.15, -0.1) is 0 Å². The van der Waals surface area contributed by atoms with Gasteiger partial charge in [-0.1, -0.05) is 13.8 Å². The summed E-state index contributed by atoms with van der Waals surface area (Å²) in [5.41, 5.74) is 0.951. The van der Waals surface area contributed by atoms with Crippen molar-refractivity contribution in [3.05, 3.63) is 34.9 Å². The van der Waals surface area contributed by atoms with Gasteiger partial charge in [0.05, 0.1) is 17.2 Å². The maximum atomic E-state index is 13.0. The number of rotatable bonds is 4. The van der Waals surface area contributed by atoms with Crippen molar-refractivity contribution >= 4 is 23.6 Å². The zero-order valence-corrected chi connectivity index (χ0v) is 16.7. The van der Waals surface area contributed by atoms with Crippen LogP contribution < -0.4 is 0 Å². The highest BCUT2D eigenvalue weighted by molar-refractivity contribution is 6.22. The van der Waals surface area contributed by atoms with Crippen molar-refractivity contribution in [3.8, 4) is 6.07 Å². The van der Waals surface area contributed by atoms with Crippen molar-refractivity contribution in [3.63, 3.8) is 0 Å². The van der Waals surface area contributed by atoms with E-state index in [0.717, 1.165) is 0 Å². The Morgan fingerprint density at radius 2 is 1.69 bits per heavy atom. The van der Waals surface area contributed by atoms with Gasteiger partial charge in [0.15, 0.2) is 0 Å². The van der Waals surface area contributed by atoms with E-state index in [1.807, 2.05) is 19.9 Å². The second kappa shape index (κ2) is 8.43. The van der Waals surface area contributed by atoms with Gasteiger partial charge in [0.1, 0.15) is 6.42 Å². The van der Waals surface area contributed by atoms with Crippen LogP contribution in [0.25, 0.3) is 0 Å². The molecule has 1 saturated heterocycles. The third-order valence-electron chi connectivity index (χ3n) is 5.13. The summed E-state index contributed by atoms with van der Waals surface area (Å²) in [6, 6.07) is 6.48. The van der Waals surface area contributed by atoms with E-state index < -0.39 is 0 Å². The Kier molecular flexibility index (Phi) is 5.97. The van der Waals surface area contributed by atoms with E-state index in [2.05, 4.69) is 0 Å². The van der Waals surface area contributed by atoms with E-state index in [0.29, 0.717) is 50.3 Å². The Balaban J connectivity index is 1.74. The van der Waals surface area contributed by atoms with Crippen LogP contribution in [0.1, 0.15) is 57.8 Å². The fourth-order valence-corrected chi connectivity index (χ4v) is 3.69. The standard InChI is InChI=1S/C21H24N4O4/c1-14(2)13-25-20(28)16-5-4-15(12-17(16)21(25)29)19(27)24-9-3-8-23(10-11-24)18(26)6-7-22/h4-5,12,14H,3,6,8-11,13H2,1-2H3. The molecule has 0 N–H and O–H groups in total. The molecule has 8 heteroatoms. The second-order valence-corrected chi connectivity index (χ2v) is 7.74. The molecule has 0 aromatic heterocycles. The summed E-state index contributed by atoms with van der Waals surface area (Å²) in [5.74, 6) is -0.989. The second-order valence-electron chi connectivity index (χ2n) is 7.74. The van der Waals surface area contributed by atoms with Gasteiger partial charge in [-0.25, -0.2) is 0 Å². The SMILES string of the molecule is CC(C)CN1C(=O)c2ccc(C(=O)N3CCCN(C(=O)CC#N)CC3)cc2C1=O. The molecule has 8 nitrogen and oxygen atoms in total. The maximum Gasteiger partial charge on any atom is 0.261 e. The number of carbonyl (C=O) groups excluding carboxylic acids is 4. The summed E-state index contributed by atoms with van der Waals surface area (Å²) >= 11 is 0. The summed E-state index contributed by atoms with van der Waals surface area (Å²) in [6.45, 7) is 5.93. The normalized spacial score (nSPS) is 16.7. The van der Waals surface area contributed by atoms with Gasteiger partial charge < -0.3 is 9.80 Å². The van der Waals surface area contributed by atoms with Crippen molar-refractivity contribution in [2.24, 2.45) is 5.92 Å². The number of imide groups is 1. The van der Waals surface area contributed by atoms with E-state index in [-0.39, 0.29) is 41.5 Å². The van der Waals surface area contributed by atoms with Gasteiger partial charge in [0.2, 0.25) is 5.91 Å². The minimum Gasteiger partial charge on any atom is -0.340 e. The number of hydrogen-bond acceptors (Lipinski definition) is 5. The molecule has 2 aliphatic heterocycles. The van der Waals surface area contributed by atoms with Crippen molar-refractivity contribution in [1.82, 2.24) is 14.7 Å². The first-order valence-corrected chi connectivity index (χ1v) is 9.77. The molecule has 1 aromatic carbocycles. The number of carbonyl (C=O) groups is 4. The highest BCUT2D eigenvalue weighted by Crippen LogP contribution is 2.25. The van der Waals surface area contributed by atoms with Crippen LogP contribution >= 0.6 is 0 Å². The van der Waals surface area contributed by atoms with Gasteiger partial charge in [0.25, 0.3) is 17.7 Å². The first-order chi connectivity index (χ1) is 13.8. The van der Waals surface area contributed by atoms with Crippen LogP contribution in [0.5, 0.6) is 0 Å². The van der Waals surface area contributed by atoms with Crippen LogP contribution in [0.4, 0.5) is 0 Å². The quantitative estimate of drug-likeness (QED) is 0.718. The van der Waals surface area contributed by atoms with Crippen LogP contribution in [0.15, 0.2) is 18.2 Å². The molecule has 0 radical (unpaired) electrons. The van der Waals surface area contributed by atoms with Crippen LogP contribution in [0, 0.1) is 17.2 Å². The lowest BCUT2D eigenvalue weighted by Gasteiger charge is -2.22. The first-order valence-electron chi connectivity index (χ1n) is 9.77. The van der Waals surface area contributed by atoms with Crippen molar-refractivity contribution < 1.29 is 19.2 Å². The molecule has 29 heavy (non-hydrogen) atoms.